The molecule has 1 amide bonds. The van der Waals surface area contributed by atoms with Crippen molar-refractivity contribution in [2.24, 2.45) is 0 Å². The van der Waals surface area contributed by atoms with Crippen LogP contribution in [-0.2, 0) is 10.8 Å². The van der Waals surface area contributed by atoms with E-state index in [4.69, 9.17) is 11.6 Å². The van der Waals surface area contributed by atoms with Gasteiger partial charge >= 0.3 is 0 Å². The summed E-state index contributed by atoms with van der Waals surface area (Å²) in [5.41, 5.74) is -0.0698. The molecule has 2 aromatic rings. The maximum absolute atomic E-state index is 12.2. The van der Waals surface area contributed by atoms with Gasteiger partial charge in [-0.25, -0.2) is 0 Å². The highest BCUT2D eigenvalue weighted by Gasteiger charge is 2.20. The Morgan fingerprint density at radius 2 is 2.00 bits per heavy atom. The first kappa shape index (κ1) is 16.1. The highest BCUT2D eigenvalue weighted by atomic mass is 35.5. The van der Waals surface area contributed by atoms with Crippen molar-refractivity contribution >= 4 is 39.7 Å². The van der Waals surface area contributed by atoms with Crippen LogP contribution in [0.25, 0.3) is 0 Å². The molecule has 6 nitrogen and oxygen atoms in total. The minimum absolute atomic E-state index is 0.0996. The maximum atomic E-state index is 12.2. The molecule has 0 bridgehead atoms. The molecule has 2 aromatic carbocycles. The number of nitro benzene ring substituents is 1. The molecular formula is C14H11ClN2O4S. The summed E-state index contributed by atoms with van der Waals surface area (Å²) in [4.78, 5) is 23.1. The monoisotopic (exact) mass is 338 g/mol. The van der Waals surface area contributed by atoms with Gasteiger partial charge in [-0.2, -0.15) is 0 Å². The molecule has 0 aliphatic heterocycles. The zero-order chi connectivity index (χ0) is 16.3. The summed E-state index contributed by atoms with van der Waals surface area (Å²) in [5.74, 6) is -0.637. The number of amides is 1. The van der Waals surface area contributed by atoms with Gasteiger partial charge in [-0.15, -0.1) is 0 Å². The molecule has 0 aliphatic carbocycles. The van der Waals surface area contributed by atoms with E-state index < -0.39 is 21.6 Å². The van der Waals surface area contributed by atoms with Crippen LogP contribution in [0.5, 0.6) is 0 Å². The molecule has 1 atom stereocenters. The quantitative estimate of drug-likeness (QED) is 0.684. The largest absolute Gasteiger partial charge is 0.322 e. The topological polar surface area (TPSA) is 89.3 Å². The summed E-state index contributed by atoms with van der Waals surface area (Å²) in [6.07, 6.45) is 1.52. The van der Waals surface area contributed by atoms with E-state index in [-0.39, 0.29) is 16.3 Å². The molecule has 1 unspecified atom stereocenters. The van der Waals surface area contributed by atoms with Crippen LogP contribution >= 0.6 is 11.6 Å². The third-order valence-corrected chi connectivity index (χ3v) is 3.98. The van der Waals surface area contributed by atoms with Gasteiger partial charge in [0.1, 0.15) is 5.56 Å². The number of hydrogen-bond donors (Lipinski definition) is 1. The van der Waals surface area contributed by atoms with E-state index in [2.05, 4.69) is 5.32 Å². The van der Waals surface area contributed by atoms with Crippen molar-refractivity contribution < 1.29 is 13.9 Å². The van der Waals surface area contributed by atoms with E-state index in [1.165, 1.54) is 18.4 Å². The van der Waals surface area contributed by atoms with Crippen LogP contribution in [0.2, 0.25) is 5.02 Å². The van der Waals surface area contributed by atoms with E-state index in [1.54, 1.807) is 24.3 Å². The molecule has 0 saturated carbocycles. The predicted octanol–water partition coefficient (Wildman–Crippen LogP) is 3.24. The van der Waals surface area contributed by atoms with Crippen molar-refractivity contribution in [3.8, 4) is 0 Å². The fraction of sp³-hybridized carbons (Fsp3) is 0.0714. The molecule has 8 heteroatoms. The van der Waals surface area contributed by atoms with Crippen LogP contribution in [0.15, 0.2) is 47.4 Å². The molecule has 1 N–H and O–H groups in total. The lowest BCUT2D eigenvalue weighted by atomic mass is 10.1. The van der Waals surface area contributed by atoms with E-state index in [0.29, 0.717) is 10.6 Å². The van der Waals surface area contributed by atoms with Crippen LogP contribution in [0, 0.1) is 10.1 Å². The van der Waals surface area contributed by atoms with Gasteiger partial charge in [0.2, 0.25) is 0 Å². The summed E-state index contributed by atoms with van der Waals surface area (Å²) < 4.78 is 11.4. The molecule has 0 fully saturated rings. The molecule has 2 rings (SSSR count). The summed E-state index contributed by atoms with van der Waals surface area (Å²) in [6, 6.07) is 10.3. The van der Waals surface area contributed by atoms with E-state index in [0.717, 1.165) is 6.07 Å². The Morgan fingerprint density at radius 1 is 1.27 bits per heavy atom. The van der Waals surface area contributed by atoms with Crippen molar-refractivity contribution in [1.82, 2.24) is 0 Å². The van der Waals surface area contributed by atoms with Crippen molar-refractivity contribution in [3.63, 3.8) is 0 Å². The van der Waals surface area contributed by atoms with Gasteiger partial charge in [0, 0.05) is 38.7 Å². The van der Waals surface area contributed by atoms with Crippen molar-refractivity contribution in [3.05, 3.63) is 63.2 Å². The molecule has 0 spiro atoms. The Kier molecular flexibility index (Phi) is 4.89. The summed E-state index contributed by atoms with van der Waals surface area (Å²) >= 11 is 5.71. The van der Waals surface area contributed by atoms with E-state index >= 15 is 0 Å². The van der Waals surface area contributed by atoms with E-state index in [9.17, 15) is 19.1 Å². The first-order valence-electron chi connectivity index (χ1n) is 6.07. The lowest BCUT2D eigenvalue weighted by Gasteiger charge is -2.07. The van der Waals surface area contributed by atoms with Crippen molar-refractivity contribution in [2.45, 2.75) is 4.90 Å². The first-order chi connectivity index (χ1) is 10.4. The normalized spacial score (nSPS) is 11.7. The lowest BCUT2D eigenvalue weighted by molar-refractivity contribution is -0.385. The third-order valence-electron chi connectivity index (χ3n) is 2.82. The average molecular weight is 339 g/mol. The molecule has 0 saturated heterocycles. The van der Waals surface area contributed by atoms with Crippen LogP contribution in [0.4, 0.5) is 11.4 Å². The van der Waals surface area contributed by atoms with Gasteiger partial charge in [-0.05, 0) is 30.3 Å². The van der Waals surface area contributed by atoms with Gasteiger partial charge in [-0.3, -0.25) is 19.1 Å². The second-order valence-electron chi connectivity index (χ2n) is 4.35. The second kappa shape index (κ2) is 6.67. The molecule has 22 heavy (non-hydrogen) atoms. The molecule has 0 radical (unpaired) electrons. The summed E-state index contributed by atoms with van der Waals surface area (Å²) in [5, 5.41) is 13.7. The first-order valence-corrected chi connectivity index (χ1v) is 8.01. The fourth-order valence-electron chi connectivity index (χ4n) is 1.80. The number of hydrogen-bond acceptors (Lipinski definition) is 4. The van der Waals surface area contributed by atoms with Crippen LogP contribution < -0.4 is 5.32 Å². The van der Waals surface area contributed by atoms with Gasteiger partial charge < -0.3 is 5.32 Å². The number of benzene rings is 2. The van der Waals surface area contributed by atoms with Gasteiger partial charge in [-0.1, -0.05) is 17.7 Å². The Morgan fingerprint density at radius 3 is 2.64 bits per heavy atom. The zero-order valence-corrected chi connectivity index (χ0v) is 13.0. The number of nitro groups is 1. The molecule has 0 aromatic heterocycles. The molecule has 0 heterocycles. The summed E-state index contributed by atoms with van der Waals surface area (Å²) in [6.45, 7) is 0. The second-order valence-corrected chi connectivity index (χ2v) is 6.17. The van der Waals surface area contributed by atoms with Gasteiger partial charge in [0.15, 0.2) is 0 Å². The minimum Gasteiger partial charge on any atom is -0.322 e. The van der Waals surface area contributed by atoms with Crippen LogP contribution in [0.3, 0.4) is 0 Å². The SMILES string of the molecule is CS(=O)c1cccc(NC(=O)c2ccc(Cl)cc2[N+](=O)[O-])c1. The Balaban J connectivity index is 2.32. The molecule has 114 valence electrons. The Hall–Kier alpha value is -2.25. The predicted molar refractivity (Wildman–Crippen MR) is 84.8 cm³/mol. The number of halogens is 1. The number of carbonyl (C=O) groups excluding carboxylic acids is 1. The molecular weight excluding hydrogens is 328 g/mol. The highest BCUT2D eigenvalue weighted by molar-refractivity contribution is 7.84. The number of nitrogens with one attached hydrogen (secondary N) is 1. The lowest BCUT2D eigenvalue weighted by Crippen LogP contribution is -2.14. The zero-order valence-electron chi connectivity index (χ0n) is 11.4. The van der Waals surface area contributed by atoms with Gasteiger partial charge in [0.25, 0.3) is 11.6 Å². The van der Waals surface area contributed by atoms with E-state index in [1.807, 2.05) is 0 Å². The van der Waals surface area contributed by atoms with Crippen LogP contribution in [0.1, 0.15) is 10.4 Å². The minimum atomic E-state index is -1.19. The smallest absolute Gasteiger partial charge is 0.283 e. The van der Waals surface area contributed by atoms with Crippen molar-refractivity contribution in [1.29, 1.82) is 0 Å². The third kappa shape index (κ3) is 3.69. The molecule has 0 aliphatic rings. The average Bonchev–Trinajstić information content (AvgIpc) is 2.47. The fourth-order valence-corrected chi connectivity index (χ4v) is 2.53. The van der Waals surface area contributed by atoms with Crippen molar-refractivity contribution in [2.75, 3.05) is 11.6 Å². The maximum Gasteiger partial charge on any atom is 0.283 e. The number of nitrogens with zero attached hydrogens (tertiary/aromatic N) is 1. The number of anilines is 1. The highest BCUT2D eigenvalue weighted by Crippen LogP contribution is 2.24. The van der Waals surface area contributed by atoms with Gasteiger partial charge in [0.05, 0.1) is 4.92 Å². The summed E-state index contributed by atoms with van der Waals surface area (Å²) in [7, 11) is -1.19. The Labute approximate surface area is 133 Å². The number of rotatable bonds is 4. The standard InChI is InChI=1S/C14H11ClN2O4S/c1-22(21)11-4-2-3-10(8-11)16-14(18)12-6-5-9(15)7-13(12)17(19)20/h2-8H,1H3,(H,16,18). The van der Waals surface area contributed by atoms with Crippen LogP contribution in [-0.4, -0.2) is 21.3 Å². The Bertz CT molecular complexity index is 779. The number of carbonyl (C=O) groups is 1.